The molecular formula is C32H36N4O4S2. The van der Waals surface area contributed by atoms with Gasteiger partial charge in [0, 0.05) is 29.4 Å². The first-order chi connectivity index (χ1) is 20.5. The Bertz CT molecular complexity index is 1330. The predicted octanol–water partition coefficient (Wildman–Crippen LogP) is 6.56. The fourth-order valence-electron chi connectivity index (χ4n) is 4.56. The number of urea groups is 1. The van der Waals surface area contributed by atoms with Crippen molar-refractivity contribution in [3.63, 3.8) is 0 Å². The van der Waals surface area contributed by atoms with Crippen LogP contribution in [0.2, 0.25) is 0 Å². The summed E-state index contributed by atoms with van der Waals surface area (Å²) in [5.74, 6) is -0.161. The molecule has 220 valence electrons. The average Bonchev–Trinajstić information content (AvgIpc) is 3.72. The third-order valence-electron chi connectivity index (χ3n) is 6.72. The summed E-state index contributed by atoms with van der Waals surface area (Å²) in [6.45, 7) is 1.87. The second kappa shape index (κ2) is 16.3. The second-order valence-electron chi connectivity index (χ2n) is 9.90. The normalized spacial score (nSPS) is 11.4. The van der Waals surface area contributed by atoms with E-state index in [0.717, 1.165) is 20.9 Å². The summed E-state index contributed by atoms with van der Waals surface area (Å²) in [7, 11) is 0. The molecule has 1 atom stereocenters. The first kappa shape index (κ1) is 30.8. The summed E-state index contributed by atoms with van der Waals surface area (Å²) < 4.78 is 0. The van der Waals surface area contributed by atoms with Crippen molar-refractivity contribution >= 4 is 40.7 Å². The van der Waals surface area contributed by atoms with Crippen molar-refractivity contribution in [2.75, 3.05) is 6.54 Å². The molecule has 0 spiro atoms. The van der Waals surface area contributed by atoms with Gasteiger partial charge in [0.2, 0.25) is 5.91 Å². The highest BCUT2D eigenvalue weighted by atomic mass is 32.1. The van der Waals surface area contributed by atoms with E-state index < -0.39 is 18.2 Å². The van der Waals surface area contributed by atoms with Gasteiger partial charge in [0.25, 0.3) is 0 Å². The van der Waals surface area contributed by atoms with Crippen LogP contribution >= 0.6 is 22.7 Å². The van der Waals surface area contributed by atoms with Crippen LogP contribution < -0.4 is 10.6 Å². The molecule has 0 aliphatic rings. The largest absolute Gasteiger partial charge is 0.465 e. The molecule has 10 heteroatoms. The highest BCUT2D eigenvalue weighted by Gasteiger charge is 2.27. The fourth-order valence-corrected chi connectivity index (χ4v) is 5.99. The molecule has 0 fully saturated rings. The van der Waals surface area contributed by atoms with Gasteiger partial charge in [-0.3, -0.25) is 4.79 Å². The van der Waals surface area contributed by atoms with E-state index in [9.17, 15) is 19.5 Å². The minimum atomic E-state index is -0.983. The molecule has 0 aliphatic carbocycles. The Labute approximate surface area is 254 Å². The number of amides is 4. The molecule has 4 rings (SSSR count). The third-order valence-corrected chi connectivity index (χ3v) is 8.44. The zero-order valence-corrected chi connectivity index (χ0v) is 25.0. The van der Waals surface area contributed by atoms with Gasteiger partial charge in [-0.25, -0.2) is 9.59 Å². The maximum absolute atomic E-state index is 14.0. The molecular weight excluding hydrogens is 569 g/mol. The van der Waals surface area contributed by atoms with Crippen LogP contribution in [0, 0.1) is 0 Å². The van der Waals surface area contributed by atoms with Crippen LogP contribution in [0.1, 0.15) is 40.1 Å². The van der Waals surface area contributed by atoms with Crippen molar-refractivity contribution in [2.24, 2.45) is 0 Å². The number of hydrogen-bond donors (Lipinski definition) is 3. The summed E-state index contributed by atoms with van der Waals surface area (Å²) in [6.07, 6.45) is 0.538. The molecule has 0 unspecified atom stereocenters. The number of thiophene rings is 2. The zero-order chi connectivity index (χ0) is 29.6. The number of carbonyl (C=O) groups is 3. The fraction of sp³-hybridized carbons (Fsp3) is 0.281. The highest BCUT2D eigenvalue weighted by Crippen LogP contribution is 2.19. The summed E-state index contributed by atoms with van der Waals surface area (Å²) >= 11 is 3.18. The van der Waals surface area contributed by atoms with Gasteiger partial charge in [-0.05, 0) is 53.3 Å². The molecule has 8 nitrogen and oxygen atoms in total. The van der Waals surface area contributed by atoms with Crippen LogP contribution in [0.15, 0.2) is 95.7 Å². The standard InChI is InChI=1S/C32H36N4O4S2/c37-30(36(23-27-15-9-19-41-27)24-28-16-10-20-42-28)29(34-31(38)33-21-25-11-3-1-4-12-25)17-7-8-18-35(32(39)40)22-26-13-5-2-6-14-26/h1-6,9-16,19-20,29H,7-8,17-18,21-24H2,(H,39,40)(H2,33,34,38)/t29-/m0/s1. The lowest BCUT2D eigenvalue weighted by atomic mass is 10.1. The van der Waals surface area contributed by atoms with Crippen molar-refractivity contribution in [2.45, 2.75) is 51.5 Å². The Morgan fingerprint density at radius 3 is 1.86 bits per heavy atom. The number of carbonyl (C=O) groups excluding carboxylic acids is 2. The number of carboxylic acid groups (broad SMARTS) is 1. The number of rotatable bonds is 15. The van der Waals surface area contributed by atoms with Gasteiger partial charge >= 0.3 is 12.1 Å². The van der Waals surface area contributed by atoms with Crippen LogP contribution in [0.3, 0.4) is 0 Å². The van der Waals surface area contributed by atoms with Gasteiger partial charge in [-0.2, -0.15) is 0 Å². The van der Waals surface area contributed by atoms with Crippen molar-refractivity contribution in [1.82, 2.24) is 20.4 Å². The Morgan fingerprint density at radius 1 is 0.714 bits per heavy atom. The van der Waals surface area contributed by atoms with E-state index in [4.69, 9.17) is 0 Å². The van der Waals surface area contributed by atoms with E-state index in [1.54, 1.807) is 27.6 Å². The number of unbranched alkanes of at least 4 members (excludes halogenated alkanes) is 1. The van der Waals surface area contributed by atoms with Crippen molar-refractivity contribution in [1.29, 1.82) is 0 Å². The molecule has 42 heavy (non-hydrogen) atoms. The summed E-state index contributed by atoms with van der Waals surface area (Å²) in [4.78, 5) is 44.1. The van der Waals surface area contributed by atoms with E-state index in [-0.39, 0.29) is 5.91 Å². The molecule has 0 aliphatic heterocycles. The number of benzene rings is 2. The Hall–Kier alpha value is -4.15. The minimum Gasteiger partial charge on any atom is -0.465 e. The van der Waals surface area contributed by atoms with Crippen LogP contribution in [0.4, 0.5) is 9.59 Å². The number of nitrogens with zero attached hydrogens (tertiary/aromatic N) is 2. The first-order valence-electron chi connectivity index (χ1n) is 13.9. The monoisotopic (exact) mass is 604 g/mol. The summed E-state index contributed by atoms with van der Waals surface area (Å²) in [6, 6.07) is 25.8. The van der Waals surface area contributed by atoms with E-state index in [0.29, 0.717) is 52.0 Å². The van der Waals surface area contributed by atoms with Crippen molar-refractivity contribution in [3.05, 3.63) is 117 Å². The third kappa shape index (κ3) is 10.0. The van der Waals surface area contributed by atoms with Crippen LogP contribution in [0.25, 0.3) is 0 Å². The Morgan fingerprint density at radius 2 is 1.31 bits per heavy atom. The van der Waals surface area contributed by atoms with E-state index >= 15 is 0 Å². The van der Waals surface area contributed by atoms with Crippen molar-refractivity contribution < 1.29 is 19.5 Å². The van der Waals surface area contributed by atoms with Gasteiger partial charge in [0.1, 0.15) is 6.04 Å². The molecule has 0 radical (unpaired) electrons. The molecule has 0 saturated heterocycles. The maximum atomic E-state index is 14.0. The zero-order valence-electron chi connectivity index (χ0n) is 23.4. The Kier molecular flexibility index (Phi) is 12.0. The molecule has 2 aromatic heterocycles. The topological polar surface area (TPSA) is 102 Å². The predicted molar refractivity (Wildman–Crippen MR) is 167 cm³/mol. The maximum Gasteiger partial charge on any atom is 0.407 e. The van der Waals surface area contributed by atoms with Gasteiger partial charge in [-0.15, -0.1) is 22.7 Å². The minimum absolute atomic E-state index is 0.161. The van der Waals surface area contributed by atoms with Gasteiger partial charge in [0.15, 0.2) is 0 Å². The number of hydrogen-bond acceptors (Lipinski definition) is 5. The van der Waals surface area contributed by atoms with Crippen LogP contribution in [-0.2, 0) is 31.0 Å². The number of nitrogens with one attached hydrogen (secondary N) is 2. The smallest absolute Gasteiger partial charge is 0.407 e. The van der Waals surface area contributed by atoms with Gasteiger partial charge in [-0.1, -0.05) is 72.8 Å². The quantitative estimate of drug-likeness (QED) is 0.134. The molecule has 3 N–H and O–H groups in total. The Balaban J connectivity index is 1.41. The molecule has 2 heterocycles. The van der Waals surface area contributed by atoms with Gasteiger partial charge < -0.3 is 25.5 Å². The lowest BCUT2D eigenvalue weighted by molar-refractivity contribution is -0.134. The molecule has 0 bridgehead atoms. The second-order valence-corrected chi connectivity index (χ2v) is 12.0. The van der Waals surface area contributed by atoms with E-state index in [2.05, 4.69) is 10.6 Å². The van der Waals surface area contributed by atoms with Crippen LogP contribution in [-0.4, -0.2) is 45.5 Å². The summed E-state index contributed by atoms with van der Waals surface area (Å²) in [5, 5.41) is 19.5. The summed E-state index contributed by atoms with van der Waals surface area (Å²) in [5.41, 5.74) is 1.88. The first-order valence-corrected chi connectivity index (χ1v) is 15.7. The van der Waals surface area contributed by atoms with Crippen molar-refractivity contribution in [3.8, 4) is 0 Å². The van der Waals surface area contributed by atoms with Gasteiger partial charge in [0.05, 0.1) is 13.1 Å². The lowest BCUT2D eigenvalue weighted by Gasteiger charge is -2.28. The lowest BCUT2D eigenvalue weighted by Crippen LogP contribution is -2.50. The molecule has 4 amide bonds. The van der Waals surface area contributed by atoms with Crippen LogP contribution in [0.5, 0.6) is 0 Å². The molecule has 0 saturated carbocycles. The molecule has 4 aromatic rings. The highest BCUT2D eigenvalue weighted by molar-refractivity contribution is 7.10. The molecule has 2 aromatic carbocycles. The van der Waals surface area contributed by atoms with E-state index in [1.165, 1.54) is 4.90 Å². The average molecular weight is 605 g/mol. The SMILES string of the molecule is O=C(NCc1ccccc1)N[C@@H](CCCCN(Cc1ccccc1)C(=O)O)C(=O)N(Cc1cccs1)Cc1cccs1. The van der Waals surface area contributed by atoms with E-state index in [1.807, 2.05) is 95.7 Å².